The number of nitrogens with zero attached hydrogens (tertiary/aromatic N) is 1. The van der Waals surface area contributed by atoms with E-state index in [1.165, 1.54) is 6.42 Å². The Kier molecular flexibility index (Phi) is 2.35. The predicted octanol–water partition coefficient (Wildman–Crippen LogP) is 1.64. The summed E-state index contributed by atoms with van der Waals surface area (Å²) >= 11 is 0. The van der Waals surface area contributed by atoms with Crippen molar-refractivity contribution in [1.82, 2.24) is 15.5 Å². The molecule has 98 valence electrons. The quantitative estimate of drug-likeness (QED) is 0.765. The first-order valence-corrected chi connectivity index (χ1v) is 6.80. The number of hydrogen-bond donors (Lipinski definition) is 3. The fourth-order valence-corrected chi connectivity index (χ4v) is 3.41. The number of anilines is 1. The lowest BCUT2D eigenvalue weighted by Gasteiger charge is -2.19. The third-order valence-electron chi connectivity index (χ3n) is 4.37. The summed E-state index contributed by atoms with van der Waals surface area (Å²) in [5.41, 5.74) is 1.72. The summed E-state index contributed by atoms with van der Waals surface area (Å²) in [4.78, 5) is 12.4. The van der Waals surface area contributed by atoms with Gasteiger partial charge < -0.3 is 10.6 Å². The second-order valence-electron chi connectivity index (χ2n) is 5.52. The highest BCUT2D eigenvalue weighted by molar-refractivity contribution is 6.01. The molecule has 2 saturated heterocycles. The molecule has 2 aromatic rings. The van der Waals surface area contributed by atoms with Gasteiger partial charge in [0.05, 0.1) is 23.3 Å². The molecule has 4 rings (SSSR count). The van der Waals surface area contributed by atoms with E-state index in [0.29, 0.717) is 12.1 Å². The fraction of sp³-hybridized carbons (Fsp3) is 0.429. The van der Waals surface area contributed by atoms with Gasteiger partial charge in [0.1, 0.15) is 0 Å². The molecule has 2 aliphatic rings. The average Bonchev–Trinajstić information content (AvgIpc) is 3.14. The maximum Gasteiger partial charge on any atom is 0.229 e. The molecule has 1 aromatic heterocycles. The van der Waals surface area contributed by atoms with Gasteiger partial charge in [0.15, 0.2) is 0 Å². The second-order valence-corrected chi connectivity index (χ2v) is 5.52. The SMILES string of the molecule is O=C(Nc1cccc2cn[nH]c12)C1CC2CCC1N2. The Labute approximate surface area is 110 Å². The highest BCUT2D eigenvalue weighted by Gasteiger charge is 2.42. The van der Waals surface area contributed by atoms with Gasteiger partial charge in [0.25, 0.3) is 0 Å². The zero-order valence-electron chi connectivity index (χ0n) is 10.5. The Morgan fingerprint density at radius 1 is 1.37 bits per heavy atom. The van der Waals surface area contributed by atoms with Crippen LogP contribution in [0.5, 0.6) is 0 Å². The zero-order valence-corrected chi connectivity index (χ0v) is 10.5. The van der Waals surface area contributed by atoms with Crippen molar-refractivity contribution >= 4 is 22.5 Å². The molecule has 5 heteroatoms. The lowest BCUT2D eigenvalue weighted by Crippen LogP contribution is -2.32. The molecule has 1 aromatic carbocycles. The summed E-state index contributed by atoms with van der Waals surface area (Å²) in [6.45, 7) is 0. The molecular formula is C14H16N4O. The molecule has 3 atom stereocenters. The number of amides is 1. The number of aromatic amines is 1. The molecule has 2 aliphatic heterocycles. The summed E-state index contributed by atoms with van der Waals surface area (Å²) in [6.07, 6.45) is 5.07. The lowest BCUT2D eigenvalue weighted by molar-refractivity contribution is -0.120. The Morgan fingerprint density at radius 3 is 3.11 bits per heavy atom. The van der Waals surface area contributed by atoms with Gasteiger partial charge in [-0.25, -0.2) is 0 Å². The van der Waals surface area contributed by atoms with E-state index in [9.17, 15) is 4.79 Å². The van der Waals surface area contributed by atoms with Crippen molar-refractivity contribution in [1.29, 1.82) is 0 Å². The number of aromatic nitrogens is 2. The molecule has 19 heavy (non-hydrogen) atoms. The maximum atomic E-state index is 12.4. The highest BCUT2D eigenvalue weighted by Crippen LogP contribution is 2.34. The van der Waals surface area contributed by atoms with Crippen LogP contribution in [0, 0.1) is 5.92 Å². The van der Waals surface area contributed by atoms with Crippen LogP contribution < -0.4 is 10.6 Å². The molecule has 1 amide bonds. The van der Waals surface area contributed by atoms with Crippen LogP contribution in [0.15, 0.2) is 24.4 Å². The molecule has 3 heterocycles. The highest BCUT2D eigenvalue weighted by atomic mass is 16.2. The third-order valence-corrected chi connectivity index (χ3v) is 4.37. The molecular weight excluding hydrogens is 240 g/mol. The smallest absolute Gasteiger partial charge is 0.229 e. The number of fused-ring (bicyclic) bond motifs is 3. The van der Waals surface area contributed by atoms with Crippen LogP contribution >= 0.6 is 0 Å². The number of rotatable bonds is 2. The summed E-state index contributed by atoms with van der Waals surface area (Å²) in [5.74, 6) is 0.235. The monoisotopic (exact) mass is 256 g/mol. The van der Waals surface area contributed by atoms with E-state index in [1.807, 2.05) is 18.2 Å². The van der Waals surface area contributed by atoms with Gasteiger partial charge in [0.2, 0.25) is 5.91 Å². The van der Waals surface area contributed by atoms with Gasteiger partial charge in [-0.05, 0) is 25.3 Å². The second kappa shape index (κ2) is 4.06. The summed E-state index contributed by atoms with van der Waals surface area (Å²) in [7, 11) is 0. The van der Waals surface area contributed by atoms with Crippen molar-refractivity contribution in [2.24, 2.45) is 5.92 Å². The molecule has 0 radical (unpaired) electrons. The van der Waals surface area contributed by atoms with Crippen LogP contribution in [0.2, 0.25) is 0 Å². The summed E-state index contributed by atoms with van der Waals surface area (Å²) in [5, 5.41) is 14.5. The molecule has 3 unspecified atom stereocenters. The van der Waals surface area contributed by atoms with Crippen LogP contribution in [-0.4, -0.2) is 28.2 Å². The minimum atomic E-state index is 0.108. The van der Waals surface area contributed by atoms with Gasteiger partial charge in [-0.15, -0.1) is 0 Å². The van der Waals surface area contributed by atoms with E-state index in [4.69, 9.17) is 0 Å². The first-order valence-electron chi connectivity index (χ1n) is 6.80. The van der Waals surface area contributed by atoms with Crippen LogP contribution in [0.25, 0.3) is 10.9 Å². The normalized spacial score (nSPS) is 28.9. The number of carbonyl (C=O) groups is 1. The summed E-state index contributed by atoms with van der Waals surface area (Å²) < 4.78 is 0. The third kappa shape index (κ3) is 1.73. The van der Waals surface area contributed by atoms with Crippen molar-refractivity contribution in [3.63, 3.8) is 0 Å². The predicted molar refractivity (Wildman–Crippen MR) is 72.8 cm³/mol. The number of benzene rings is 1. The average molecular weight is 256 g/mol. The van der Waals surface area contributed by atoms with Crippen molar-refractivity contribution in [2.45, 2.75) is 31.3 Å². The Hall–Kier alpha value is -1.88. The lowest BCUT2D eigenvalue weighted by atomic mass is 9.88. The van der Waals surface area contributed by atoms with E-state index in [1.54, 1.807) is 6.20 Å². The molecule has 3 N–H and O–H groups in total. The first kappa shape index (κ1) is 11.0. The Morgan fingerprint density at radius 2 is 2.32 bits per heavy atom. The zero-order chi connectivity index (χ0) is 12.8. The number of para-hydroxylation sites is 1. The molecule has 0 aliphatic carbocycles. The Balaban J connectivity index is 1.58. The van der Waals surface area contributed by atoms with Crippen molar-refractivity contribution < 1.29 is 4.79 Å². The van der Waals surface area contributed by atoms with Gasteiger partial charge >= 0.3 is 0 Å². The minimum absolute atomic E-state index is 0.108. The van der Waals surface area contributed by atoms with Crippen LogP contribution in [-0.2, 0) is 4.79 Å². The fourth-order valence-electron chi connectivity index (χ4n) is 3.41. The molecule has 2 fully saturated rings. The van der Waals surface area contributed by atoms with Gasteiger partial charge in [0, 0.05) is 17.5 Å². The van der Waals surface area contributed by atoms with E-state index >= 15 is 0 Å². The van der Waals surface area contributed by atoms with E-state index in [0.717, 1.165) is 29.4 Å². The van der Waals surface area contributed by atoms with Crippen LogP contribution in [0.1, 0.15) is 19.3 Å². The number of nitrogens with one attached hydrogen (secondary N) is 3. The topological polar surface area (TPSA) is 69.8 Å². The van der Waals surface area contributed by atoms with Crippen LogP contribution in [0.4, 0.5) is 5.69 Å². The molecule has 0 saturated carbocycles. The van der Waals surface area contributed by atoms with E-state index in [2.05, 4.69) is 20.8 Å². The minimum Gasteiger partial charge on any atom is -0.324 e. The van der Waals surface area contributed by atoms with E-state index < -0.39 is 0 Å². The number of carbonyl (C=O) groups excluding carboxylic acids is 1. The summed E-state index contributed by atoms with van der Waals surface area (Å²) in [6, 6.07) is 6.74. The Bertz CT molecular complexity index is 635. The van der Waals surface area contributed by atoms with Crippen molar-refractivity contribution in [2.75, 3.05) is 5.32 Å². The van der Waals surface area contributed by atoms with Gasteiger partial charge in [-0.3, -0.25) is 9.89 Å². The van der Waals surface area contributed by atoms with Crippen molar-refractivity contribution in [3.8, 4) is 0 Å². The van der Waals surface area contributed by atoms with E-state index in [-0.39, 0.29) is 11.8 Å². The molecule has 2 bridgehead atoms. The number of hydrogen-bond acceptors (Lipinski definition) is 3. The molecule has 0 spiro atoms. The molecule has 5 nitrogen and oxygen atoms in total. The maximum absolute atomic E-state index is 12.4. The first-order chi connectivity index (χ1) is 9.31. The largest absolute Gasteiger partial charge is 0.324 e. The van der Waals surface area contributed by atoms with Gasteiger partial charge in [-0.2, -0.15) is 5.10 Å². The van der Waals surface area contributed by atoms with Crippen LogP contribution in [0.3, 0.4) is 0 Å². The van der Waals surface area contributed by atoms with Gasteiger partial charge in [-0.1, -0.05) is 12.1 Å². The van der Waals surface area contributed by atoms with Crippen molar-refractivity contribution in [3.05, 3.63) is 24.4 Å². The number of H-pyrrole nitrogens is 1. The standard InChI is InChI=1S/C14H16N4O/c19-14(10-6-9-4-5-11(10)16-9)17-12-3-1-2-8-7-15-18-13(8)12/h1-3,7,9-11,16H,4-6H2,(H,15,18)(H,17,19).